The highest BCUT2D eigenvalue weighted by Crippen LogP contribution is 2.09. The first-order valence-corrected chi connectivity index (χ1v) is 4.69. The van der Waals surface area contributed by atoms with Gasteiger partial charge in [0, 0.05) is 12.7 Å². The van der Waals surface area contributed by atoms with Gasteiger partial charge in [0.25, 0.3) is 0 Å². The monoisotopic (exact) mass is 220 g/mol. The summed E-state index contributed by atoms with van der Waals surface area (Å²) in [6.45, 7) is 0.718. The molecule has 0 atom stereocenters. The van der Waals surface area contributed by atoms with Gasteiger partial charge in [-0.05, 0) is 12.1 Å². The molecule has 0 aromatic carbocycles. The van der Waals surface area contributed by atoms with E-state index in [0.717, 1.165) is 0 Å². The molecule has 16 heavy (non-hydrogen) atoms. The van der Waals surface area contributed by atoms with Crippen LogP contribution in [0, 0.1) is 11.3 Å². The minimum Gasteiger partial charge on any atom is -0.380 e. The van der Waals surface area contributed by atoms with E-state index in [4.69, 9.17) is 15.7 Å². The number of carbonyl (C=O) groups is 1. The second-order valence-corrected chi connectivity index (χ2v) is 2.96. The van der Waals surface area contributed by atoms with Crippen LogP contribution in [-0.2, 0) is 9.53 Å². The van der Waals surface area contributed by atoms with Crippen molar-refractivity contribution in [3.63, 3.8) is 0 Å². The van der Waals surface area contributed by atoms with E-state index < -0.39 is 5.91 Å². The SMILES string of the molecule is N#Cc1ncccc1NCCOCC(N)=O. The van der Waals surface area contributed by atoms with Crippen molar-refractivity contribution in [3.05, 3.63) is 24.0 Å². The Labute approximate surface area is 93.0 Å². The second kappa shape index (κ2) is 6.37. The Morgan fingerprint density at radius 2 is 2.50 bits per heavy atom. The molecule has 6 nitrogen and oxygen atoms in total. The number of anilines is 1. The number of pyridine rings is 1. The maximum Gasteiger partial charge on any atom is 0.243 e. The van der Waals surface area contributed by atoms with E-state index in [-0.39, 0.29) is 6.61 Å². The number of nitriles is 1. The van der Waals surface area contributed by atoms with E-state index >= 15 is 0 Å². The van der Waals surface area contributed by atoms with Gasteiger partial charge < -0.3 is 15.8 Å². The van der Waals surface area contributed by atoms with Gasteiger partial charge in [0.2, 0.25) is 5.91 Å². The van der Waals surface area contributed by atoms with Gasteiger partial charge in [0.05, 0.1) is 12.3 Å². The predicted molar refractivity (Wildman–Crippen MR) is 57.5 cm³/mol. The van der Waals surface area contributed by atoms with Crippen molar-refractivity contribution in [2.24, 2.45) is 5.73 Å². The van der Waals surface area contributed by atoms with Gasteiger partial charge in [0.15, 0.2) is 5.69 Å². The summed E-state index contributed by atoms with van der Waals surface area (Å²) in [6, 6.07) is 5.45. The maximum atomic E-state index is 10.4. The average molecular weight is 220 g/mol. The van der Waals surface area contributed by atoms with Crippen molar-refractivity contribution in [2.75, 3.05) is 25.1 Å². The zero-order valence-corrected chi connectivity index (χ0v) is 8.64. The first-order chi connectivity index (χ1) is 7.74. The number of aromatic nitrogens is 1. The van der Waals surface area contributed by atoms with Gasteiger partial charge in [-0.3, -0.25) is 4.79 Å². The summed E-state index contributed by atoms with van der Waals surface area (Å²) in [5.74, 6) is -0.501. The molecule has 1 aromatic rings. The van der Waals surface area contributed by atoms with Crippen molar-refractivity contribution in [1.82, 2.24) is 4.98 Å². The smallest absolute Gasteiger partial charge is 0.243 e. The molecule has 0 aliphatic rings. The Hall–Kier alpha value is -2.13. The Bertz CT molecular complexity index is 400. The lowest BCUT2D eigenvalue weighted by Crippen LogP contribution is -2.20. The highest BCUT2D eigenvalue weighted by molar-refractivity contribution is 5.74. The minimum atomic E-state index is -0.501. The fraction of sp³-hybridized carbons (Fsp3) is 0.300. The summed E-state index contributed by atoms with van der Waals surface area (Å²) >= 11 is 0. The summed E-state index contributed by atoms with van der Waals surface area (Å²) in [6.07, 6.45) is 1.55. The van der Waals surface area contributed by atoms with Crippen molar-refractivity contribution < 1.29 is 9.53 Å². The number of hydrogen-bond acceptors (Lipinski definition) is 5. The highest BCUT2D eigenvalue weighted by Gasteiger charge is 2.00. The molecule has 1 amide bonds. The molecule has 0 aliphatic heterocycles. The number of rotatable bonds is 6. The number of ether oxygens (including phenoxy) is 1. The summed E-state index contributed by atoms with van der Waals surface area (Å²) < 4.78 is 4.95. The molecular weight excluding hydrogens is 208 g/mol. The topological polar surface area (TPSA) is 101 Å². The van der Waals surface area contributed by atoms with Crippen LogP contribution in [0.25, 0.3) is 0 Å². The number of nitrogens with one attached hydrogen (secondary N) is 1. The van der Waals surface area contributed by atoms with Crippen LogP contribution in [0.3, 0.4) is 0 Å². The first-order valence-electron chi connectivity index (χ1n) is 4.69. The largest absolute Gasteiger partial charge is 0.380 e. The van der Waals surface area contributed by atoms with E-state index in [1.54, 1.807) is 18.3 Å². The number of carbonyl (C=O) groups excluding carboxylic acids is 1. The van der Waals surface area contributed by atoms with E-state index in [0.29, 0.717) is 24.5 Å². The number of amides is 1. The fourth-order valence-electron chi connectivity index (χ4n) is 1.07. The molecule has 1 heterocycles. The Morgan fingerprint density at radius 1 is 1.69 bits per heavy atom. The average Bonchev–Trinajstić information content (AvgIpc) is 2.29. The number of nitrogens with two attached hydrogens (primary N) is 1. The van der Waals surface area contributed by atoms with Gasteiger partial charge in [0.1, 0.15) is 12.7 Å². The lowest BCUT2D eigenvalue weighted by molar-refractivity contribution is -0.122. The molecule has 0 aliphatic carbocycles. The third-order valence-electron chi connectivity index (χ3n) is 1.72. The van der Waals surface area contributed by atoms with Gasteiger partial charge in [-0.2, -0.15) is 5.26 Å². The molecule has 1 aromatic heterocycles. The summed E-state index contributed by atoms with van der Waals surface area (Å²) in [5.41, 5.74) is 5.87. The van der Waals surface area contributed by atoms with E-state index in [1.807, 2.05) is 6.07 Å². The van der Waals surface area contributed by atoms with Crippen LogP contribution in [0.15, 0.2) is 18.3 Å². The molecular formula is C10H12N4O2. The van der Waals surface area contributed by atoms with Crippen LogP contribution in [0.5, 0.6) is 0 Å². The lowest BCUT2D eigenvalue weighted by atomic mass is 10.3. The lowest BCUT2D eigenvalue weighted by Gasteiger charge is -2.06. The van der Waals surface area contributed by atoms with E-state index in [2.05, 4.69) is 10.3 Å². The van der Waals surface area contributed by atoms with Crippen LogP contribution in [0.2, 0.25) is 0 Å². The van der Waals surface area contributed by atoms with Crippen molar-refractivity contribution in [3.8, 4) is 6.07 Å². The normalized spacial score (nSPS) is 9.44. The standard InChI is InChI=1S/C10H12N4O2/c11-6-9-8(2-1-3-13-9)14-4-5-16-7-10(12)15/h1-3,14H,4-5,7H2,(H2,12,15). The summed E-state index contributed by atoms with van der Waals surface area (Å²) in [5, 5.41) is 11.7. The molecule has 0 bridgehead atoms. The van der Waals surface area contributed by atoms with Crippen LogP contribution >= 0.6 is 0 Å². The van der Waals surface area contributed by atoms with Crippen LogP contribution < -0.4 is 11.1 Å². The van der Waals surface area contributed by atoms with Crippen LogP contribution in [0.1, 0.15) is 5.69 Å². The number of primary amides is 1. The summed E-state index contributed by atoms with van der Waals surface area (Å²) in [4.78, 5) is 14.2. The van der Waals surface area contributed by atoms with Crippen molar-refractivity contribution in [2.45, 2.75) is 0 Å². The fourth-order valence-corrected chi connectivity index (χ4v) is 1.07. The van der Waals surface area contributed by atoms with Crippen molar-refractivity contribution in [1.29, 1.82) is 5.26 Å². The van der Waals surface area contributed by atoms with E-state index in [1.165, 1.54) is 0 Å². The Kier molecular flexibility index (Phi) is 4.76. The predicted octanol–water partition coefficient (Wildman–Crippen LogP) is -0.133. The quantitative estimate of drug-likeness (QED) is 0.650. The zero-order chi connectivity index (χ0) is 11.8. The molecule has 0 saturated carbocycles. The summed E-state index contributed by atoms with van der Waals surface area (Å²) in [7, 11) is 0. The molecule has 84 valence electrons. The number of hydrogen-bond donors (Lipinski definition) is 2. The molecule has 0 spiro atoms. The van der Waals surface area contributed by atoms with Gasteiger partial charge in [-0.15, -0.1) is 0 Å². The third-order valence-corrected chi connectivity index (χ3v) is 1.72. The van der Waals surface area contributed by atoms with Crippen LogP contribution in [-0.4, -0.2) is 30.6 Å². The maximum absolute atomic E-state index is 10.4. The molecule has 0 radical (unpaired) electrons. The molecule has 0 fully saturated rings. The molecule has 0 saturated heterocycles. The van der Waals surface area contributed by atoms with Gasteiger partial charge >= 0.3 is 0 Å². The number of nitrogens with zero attached hydrogens (tertiary/aromatic N) is 2. The first kappa shape index (κ1) is 11.9. The van der Waals surface area contributed by atoms with Crippen molar-refractivity contribution >= 4 is 11.6 Å². The second-order valence-electron chi connectivity index (χ2n) is 2.96. The molecule has 1 rings (SSSR count). The Balaban J connectivity index is 2.32. The zero-order valence-electron chi connectivity index (χ0n) is 8.64. The molecule has 0 unspecified atom stereocenters. The third kappa shape index (κ3) is 3.94. The van der Waals surface area contributed by atoms with Gasteiger partial charge in [-0.25, -0.2) is 4.98 Å². The van der Waals surface area contributed by atoms with Gasteiger partial charge in [-0.1, -0.05) is 0 Å². The highest BCUT2D eigenvalue weighted by atomic mass is 16.5. The van der Waals surface area contributed by atoms with Crippen LogP contribution in [0.4, 0.5) is 5.69 Å². The molecule has 6 heteroatoms. The minimum absolute atomic E-state index is 0.0974. The Morgan fingerprint density at radius 3 is 3.19 bits per heavy atom. The molecule has 3 N–H and O–H groups in total. The van der Waals surface area contributed by atoms with E-state index in [9.17, 15) is 4.79 Å².